The number of halogens is 1. The van der Waals surface area contributed by atoms with Crippen molar-refractivity contribution in [1.82, 2.24) is 25.9 Å². The number of tetrazole rings is 1. The van der Waals surface area contributed by atoms with Crippen LogP contribution in [0.25, 0.3) is 0 Å². The van der Waals surface area contributed by atoms with Gasteiger partial charge in [-0.1, -0.05) is 11.3 Å². The van der Waals surface area contributed by atoms with E-state index >= 15 is 0 Å². The Labute approximate surface area is 97.2 Å². The van der Waals surface area contributed by atoms with Gasteiger partial charge in [-0.15, -0.1) is 10.2 Å². The average molecular weight is 237 g/mol. The number of methoxy groups -OCH3 is 1. The number of H-pyrrole nitrogens is 1. The zero-order valence-corrected chi connectivity index (χ0v) is 9.27. The topological polar surface area (TPSA) is 75.7 Å². The first kappa shape index (κ1) is 11.5. The summed E-state index contributed by atoms with van der Waals surface area (Å²) >= 11 is 0. The summed E-state index contributed by atoms with van der Waals surface area (Å²) in [5.41, 5.74) is 0.826. The summed E-state index contributed by atoms with van der Waals surface area (Å²) in [6, 6.07) is 4.83. The molecule has 0 saturated heterocycles. The van der Waals surface area contributed by atoms with Crippen LogP contribution in [0, 0.1) is 5.82 Å². The lowest BCUT2D eigenvalue weighted by Crippen LogP contribution is -2.14. The van der Waals surface area contributed by atoms with Gasteiger partial charge in [-0.05, 0) is 17.7 Å². The Balaban J connectivity index is 1.89. The van der Waals surface area contributed by atoms with Crippen molar-refractivity contribution in [3.63, 3.8) is 0 Å². The predicted molar refractivity (Wildman–Crippen MR) is 57.7 cm³/mol. The molecule has 0 aliphatic carbocycles. The van der Waals surface area contributed by atoms with Gasteiger partial charge in [0.2, 0.25) is 0 Å². The molecule has 0 atom stereocenters. The molecule has 0 aliphatic rings. The Morgan fingerprint density at radius 3 is 2.94 bits per heavy atom. The lowest BCUT2D eigenvalue weighted by atomic mass is 10.2. The normalized spacial score (nSPS) is 10.5. The van der Waals surface area contributed by atoms with Crippen molar-refractivity contribution in [3.8, 4) is 5.75 Å². The SMILES string of the molecule is COc1ccc(CNCc2nn[nH]n2)cc1F. The summed E-state index contributed by atoms with van der Waals surface area (Å²) in [5.74, 6) is 0.442. The molecule has 0 radical (unpaired) electrons. The highest BCUT2D eigenvalue weighted by atomic mass is 19.1. The van der Waals surface area contributed by atoms with Gasteiger partial charge < -0.3 is 10.1 Å². The van der Waals surface area contributed by atoms with Gasteiger partial charge in [0.1, 0.15) is 0 Å². The summed E-state index contributed by atoms with van der Waals surface area (Å²) in [6.45, 7) is 1.000. The maximum absolute atomic E-state index is 13.4. The summed E-state index contributed by atoms with van der Waals surface area (Å²) < 4.78 is 18.2. The van der Waals surface area contributed by atoms with Crippen LogP contribution in [0.3, 0.4) is 0 Å². The van der Waals surface area contributed by atoms with Crippen molar-refractivity contribution in [1.29, 1.82) is 0 Å². The first-order chi connectivity index (χ1) is 8.29. The van der Waals surface area contributed by atoms with Crippen LogP contribution in [0.2, 0.25) is 0 Å². The minimum Gasteiger partial charge on any atom is -0.494 e. The van der Waals surface area contributed by atoms with E-state index in [9.17, 15) is 4.39 Å². The quantitative estimate of drug-likeness (QED) is 0.798. The van der Waals surface area contributed by atoms with Gasteiger partial charge in [0.15, 0.2) is 17.4 Å². The third kappa shape index (κ3) is 2.97. The van der Waals surface area contributed by atoms with E-state index in [2.05, 4.69) is 25.9 Å². The molecule has 2 rings (SSSR count). The molecular formula is C10H12FN5O. The molecule has 0 saturated carbocycles. The standard InChI is InChI=1S/C10H12FN5O/c1-17-9-3-2-7(4-8(9)11)5-12-6-10-13-15-16-14-10/h2-4,12H,5-6H2,1H3,(H,13,14,15,16). The van der Waals surface area contributed by atoms with Crippen molar-refractivity contribution < 1.29 is 9.13 Å². The predicted octanol–water partition coefficient (Wildman–Crippen LogP) is 0.637. The van der Waals surface area contributed by atoms with Crippen LogP contribution in [0.15, 0.2) is 18.2 Å². The van der Waals surface area contributed by atoms with Crippen molar-refractivity contribution in [3.05, 3.63) is 35.4 Å². The van der Waals surface area contributed by atoms with Crippen LogP contribution >= 0.6 is 0 Å². The summed E-state index contributed by atoms with van der Waals surface area (Å²) in [6.07, 6.45) is 0. The summed E-state index contributed by atoms with van der Waals surface area (Å²) in [5, 5.41) is 16.4. The van der Waals surface area contributed by atoms with E-state index in [0.29, 0.717) is 18.9 Å². The van der Waals surface area contributed by atoms with Crippen LogP contribution in [0.5, 0.6) is 5.75 Å². The molecule has 1 heterocycles. The lowest BCUT2D eigenvalue weighted by Gasteiger charge is -2.05. The largest absolute Gasteiger partial charge is 0.494 e. The first-order valence-corrected chi connectivity index (χ1v) is 5.05. The van der Waals surface area contributed by atoms with E-state index in [1.54, 1.807) is 12.1 Å². The molecule has 0 unspecified atom stereocenters. The Morgan fingerprint density at radius 1 is 1.41 bits per heavy atom. The van der Waals surface area contributed by atoms with Gasteiger partial charge >= 0.3 is 0 Å². The van der Waals surface area contributed by atoms with Crippen LogP contribution in [0.1, 0.15) is 11.4 Å². The van der Waals surface area contributed by atoms with Crippen LogP contribution in [0.4, 0.5) is 4.39 Å². The fourth-order valence-corrected chi connectivity index (χ4v) is 1.40. The molecule has 0 amide bonds. The minimum atomic E-state index is -0.369. The van der Waals surface area contributed by atoms with Crippen molar-refractivity contribution in [2.75, 3.05) is 7.11 Å². The number of hydrogen-bond acceptors (Lipinski definition) is 5. The number of aromatic amines is 1. The van der Waals surface area contributed by atoms with Crippen LogP contribution < -0.4 is 10.1 Å². The van der Waals surface area contributed by atoms with Gasteiger partial charge in [0.25, 0.3) is 0 Å². The second kappa shape index (κ2) is 5.35. The maximum Gasteiger partial charge on any atom is 0.188 e. The van der Waals surface area contributed by atoms with Gasteiger partial charge in [-0.25, -0.2) is 4.39 Å². The Morgan fingerprint density at radius 2 is 2.29 bits per heavy atom. The number of aromatic nitrogens is 4. The average Bonchev–Trinajstić information content (AvgIpc) is 2.82. The monoisotopic (exact) mass is 237 g/mol. The van der Waals surface area contributed by atoms with Crippen molar-refractivity contribution >= 4 is 0 Å². The molecule has 2 aromatic rings. The third-order valence-corrected chi connectivity index (χ3v) is 2.22. The minimum absolute atomic E-state index is 0.243. The second-order valence-corrected chi connectivity index (χ2v) is 3.40. The molecule has 1 aromatic carbocycles. The number of rotatable bonds is 5. The molecule has 17 heavy (non-hydrogen) atoms. The van der Waals surface area contributed by atoms with Crippen molar-refractivity contribution in [2.24, 2.45) is 0 Å². The van der Waals surface area contributed by atoms with Crippen LogP contribution in [-0.4, -0.2) is 27.7 Å². The molecule has 2 N–H and O–H groups in total. The fourth-order valence-electron chi connectivity index (χ4n) is 1.40. The Kier molecular flexibility index (Phi) is 3.61. The smallest absolute Gasteiger partial charge is 0.188 e. The zero-order valence-electron chi connectivity index (χ0n) is 9.27. The Bertz CT molecular complexity index is 474. The number of nitrogens with one attached hydrogen (secondary N) is 2. The number of benzene rings is 1. The van der Waals surface area contributed by atoms with E-state index in [0.717, 1.165) is 5.56 Å². The molecule has 90 valence electrons. The highest BCUT2D eigenvalue weighted by Gasteiger charge is 2.03. The zero-order chi connectivity index (χ0) is 12.1. The highest BCUT2D eigenvalue weighted by molar-refractivity contribution is 5.29. The van der Waals surface area contributed by atoms with E-state index in [4.69, 9.17) is 4.74 Å². The molecular weight excluding hydrogens is 225 g/mol. The summed E-state index contributed by atoms with van der Waals surface area (Å²) in [4.78, 5) is 0. The summed E-state index contributed by atoms with van der Waals surface area (Å²) in [7, 11) is 1.44. The first-order valence-electron chi connectivity index (χ1n) is 5.05. The molecule has 0 fully saturated rings. The van der Waals surface area contributed by atoms with E-state index in [1.807, 2.05) is 0 Å². The second-order valence-electron chi connectivity index (χ2n) is 3.40. The van der Waals surface area contributed by atoms with Gasteiger partial charge in [0.05, 0.1) is 13.7 Å². The molecule has 0 spiro atoms. The number of hydrogen-bond donors (Lipinski definition) is 2. The van der Waals surface area contributed by atoms with E-state index in [-0.39, 0.29) is 11.6 Å². The van der Waals surface area contributed by atoms with Gasteiger partial charge in [0, 0.05) is 6.54 Å². The fraction of sp³-hybridized carbons (Fsp3) is 0.300. The molecule has 7 heteroatoms. The van der Waals surface area contributed by atoms with Crippen molar-refractivity contribution in [2.45, 2.75) is 13.1 Å². The van der Waals surface area contributed by atoms with E-state index in [1.165, 1.54) is 13.2 Å². The van der Waals surface area contributed by atoms with Gasteiger partial charge in [-0.3, -0.25) is 0 Å². The number of nitrogens with zero attached hydrogens (tertiary/aromatic N) is 3. The molecule has 6 nitrogen and oxygen atoms in total. The Hall–Kier alpha value is -2.02. The highest BCUT2D eigenvalue weighted by Crippen LogP contribution is 2.17. The third-order valence-electron chi connectivity index (χ3n) is 2.22. The lowest BCUT2D eigenvalue weighted by molar-refractivity contribution is 0.386. The molecule has 0 aliphatic heterocycles. The molecule has 1 aromatic heterocycles. The van der Waals surface area contributed by atoms with Crippen LogP contribution in [-0.2, 0) is 13.1 Å². The van der Waals surface area contributed by atoms with E-state index < -0.39 is 0 Å². The molecule has 0 bridgehead atoms. The van der Waals surface area contributed by atoms with Gasteiger partial charge in [-0.2, -0.15) is 5.21 Å². The maximum atomic E-state index is 13.4. The number of ether oxygens (including phenoxy) is 1.